The van der Waals surface area contributed by atoms with Gasteiger partial charge in [0.1, 0.15) is 5.76 Å². The third kappa shape index (κ3) is 3.66. The van der Waals surface area contributed by atoms with Crippen molar-refractivity contribution in [3.05, 3.63) is 64.0 Å². The molecular weight excluding hydrogens is 342 g/mol. The van der Waals surface area contributed by atoms with Gasteiger partial charge < -0.3 is 9.15 Å². The zero-order valence-electron chi connectivity index (χ0n) is 13.6. The molecule has 0 N–H and O–H groups in total. The predicted octanol–water partition coefficient (Wildman–Crippen LogP) is 3.61. The molecule has 0 bridgehead atoms. The maximum Gasteiger partial charge on any atom is 0.373 e. The average molecular weight is 357 g/mol. The number of carbonyl (C=O) groups excluding carboxylic acids is 3. The summed E-state index contributed by atoms with van der Waals surface area (Å²) in [5.74, 6) is -0.634. The van der Waals surface area contributed by atoms with Gasteiger partial charge in [-0.3, -0.25) is 14.5 Å². The van der Waals surface area contributed by atoms with E-state index < -0.39 is 5.97 Å². The van der Waals surface area contributed by atoms with Crippen LogP contribution in [0, 0.1) is 6.92 Å². The Morgan fingerprint density at radius 3 is 2.60 bits per heavy atom. The molecule has 0 radical (unpaired) electrons. The molecule has 1 aliphatic heterocycles. The summed E-state index contributed by atoms with van der Waals surface area (Å²) in [5, 5.41) is -0.376. The molecule has 1 aromatic heterocycles. The molecule has 1 fully saturated rings. The third-order valence-corrected chi connectivity index (χ3v) is 4.52. The number of amides is 2. The molecule has 25 heavy (non-hydrogen) atoms. The maximum atomic E-state index is 12.5. The molecule has 2 aromatic rings. The fourth-order valence-electron chi connectivity index (χ4n) is 2.28. The van der Waals surface area contributed by atoms with Crippen molar-refractivity contribution in [3.8, 4) is 0 Å². The summed E-state index contributed by atoms with van der Waals surface area (Å²) in [6.45, 7) is 1.94. The van der Waals surface area contributed by atoms with Crippen LogP contribution in [0.3, 0.4) is 0 Å². The second-order valence-electron chi connectivity index (χ2n) is 5.44. The van der Waals surface area contributed by atoms with Gasteiger partial charge in [0.25, 0.3) is 11.1 Å². The zero-order chi connectivity index (χ0) is 18.0. The van der Waals surface area contributed by atoms with Crippen molar-refractivity contribution in [1.82, 2.24) is 4.90 Å². The number of hydrogen-bond donors (Lipinski definition) is 0. The number of ether oxygens (including phenoxy) is 1. The van der Waals surface area contributed by atoms with E-state index in [2.05, 4.69) is 4.74 Å². The number of furan rings is 1. The van der Waals surface area contributed by atoms with Gasteiger partial charge in [0, 0.05) is 0 Å². The number of imide groups is 1. The normalized spacial score (nSPS) is 15.9. The Balaban J connectivity index is 1.76. The number of hydrogen-bond acceptors (Lipinski definition) is 6. The smallest absolute Gasteiger partial charge is 0.373 e. The monoisotopic (exact) mass is 357 g/mol. The van der Waals surface area contributed by atoms with Gasteiger partial charge in [0.15, 0.2) is 0 Å². The van der Waals surface area contributed by atoms with Crippen molar-refractivity contribution < 1.29 is 23.5 Å². The summed E-state index contributed by atoms with van der Waals surface area (Å²) in [7, 11) is 1.25. The van der Waals surface area contributed by atoms with Crippen LogP contribution >= 0.6 is 11.8 Å². The highest BCUT2D eigenvalue weighted by atomic mass is 32.2. The van der Waals surface area contributed by atoms with Gasteiger partial charge in [-0.25, -0.2) is 4.79 Å². The van der Waals surface area contributed by atoms with Crippen molar-refractivity contribution in [2.24, 2.45) is 0 Å². The van der Waals surface area contributed by atoms with E-state index in [0.29, 0.717) is 10.7 Å². The Kier molecular flexibility index (Phi) is 4.76. The van der Waals surface area contributed by atoms with E-state index in [1.807, 2.05) is 31.2 Å². The van der Waals surface area contributed by atoms with Gasteiger partial charge in [-0.05, 0) is 42.5 Å². The van der Waals surface area contributed by atoms with Crippen LogP contribution in [0.4, 0.5) is 4.79 Å². The first-order chi connectivity index (χ1) is 12.0. The first-order valence-corrected chi connectivity index (χ1v) is 8.28. The molecule has 0 spiro atoms. The highest BCUT2D eigenvalue weighted by molar-refractivity contribution is 8.18. The van der Waals surface area contributed by atoms with Crippen LogP contribution < -0.4 is 0 Å². The number of nitrogens with zero attached hydrogens (tertiary/aromatic N) is 1. The van der Waals surface area contributed by atoms with Gasteiger partial charge in [-0.15, -0.1) is 0 Å². The quantitative estimate of drug-likeness (QED) is 0.614. The van der Waals surface area contributed by atoms with Crippen LogP contribution in [0.25, 0.3) is 6.08 Å². The number of carbonyl (C=O) groups is 3. The van der Waals surface area contributed by atoms with Gasteiger partial charge in [0.05, 0.1) is 18.6 Å². The van der Waals surface area contributed by atoms with E-state index in [1.54, 1.807) is 12.1 Å². The Morgan fingerprint density at radius 1 is 1.20 bits per heavy atom. The first kappa shape index (κ1) is 17.0. The molecule has 2 heterocycles. The van der Waals surface area contributed by atoms with E-state index in [9.17, 15) is 14.4 Å². The van der Waals surface area contributed by atoms with Crippen molar-refractivity contribution in [1.29, 1.82) is 0 Å². The van der Waals surface area contributed by atoms with Crippen LogP contribution in [0.1, 0.15) is 27.4 Å². The summed E-state index contributed by atoms with van der Waals surface area (Å²) < 4.78 is 9.87. The fraction of sp³-hybridized carbons (Fsp3) is 0.167. The summed E-state index contributed by atoms with van der Waals surface area (Å²) in [5.41, 5.74) is 1.96. The SMILES string of the molecule is COC(=O)c1ccc(CN2C(=O)SC(=Cc3ccc(C)cc3)C2=O)o1. The number of aryl methyl sites for hydroxylation is 1. The molecular formula is C18H15NO5S. The summed E-state index contributed by atoms with van der Waals surface area (Å²) in [6.07, 6.45) is 1.69. The number of thioether (sulfide) groups is 1. The lowest BCUT2D eigenvalue weighted by atomic mass is 10.1. The molecule has 128 valence electrons. The number of methoxy groups -OCH3 is 1. The molecule has 0 aliphatic carbocycles. The number of rotatable bonds is 4. The Bertz CT molecular complexity index is 866. The lowest BCUT2D eigenvalue weighted by Crippen LogP contribution is -2.27. The van der Waals surface area contributed by atoms with E-state index in [0.717, 1.165) is 27.8 Å². The minimum atomic E-state index is -0.611. The van der Waals surface area contributed by atoms with Crippen molar-refractivity contribution in [2.75, 3.05) is 7.11 Å². The summed E-state index contributed by atoms with van der Waals surface area (Å²) >= 11 is 0.883. The van der Waals surface area contributed by atoms with Gasteiger partial charge in [0.2, 0.25) is 5.76 Å². The van der Waals surface area contributed by atoms with E-state index in [-0.39, 0.29) is 23.5 Å². The summed E-state index contributed by atoms with van der Waals surface area (Å²) in [4.78, 5) is 37.4. The first-order valence-electron chi connectivity index (χ1n) is 7.47. The molecule has 3 rings (SSSR count). The highest BCUT2D eigenvalue weighted by Gasteiger charge is 2.35. The van der Waals surface area contributed by atoms with Crippen LogP contribution in [-0.4, -0.2) is 29.1 Å². The maximum absolute atomic E-state index is 12.5. The Hall–Kier alpha value is -2.80. The standard InChI is InChI=1S/C18H15NO5S/c1-11-3-5-12(6-4-11)9-15-16(20)19(18(22)25-15)10-13-7-8-14(24-13)17(21)23-2/h3-9H,10H2,1-2H3. The van der Waals surface area contributed by atoms with Crippen LogP contribution in [0.5, 0.6) is 0 Å². The van der Waals surface area contributed by atoms with Crippen molar-refractivity contribution >= 4 is 35.0 Å². The highest BCUT2D eigenvalue weighted by Crippen LogP contribution is 2.33. The topological polar surface area (TPSA) is 76.8 Å². The molecule has 7 heteroatoms. The second kappa shape index (κ2) is 6.98. The fourth-order valence-corrected chi connectivity index (χ4v) is 3.12. The van der Waals surface area contributed by atoms with Crippen molar-refractivity contribution in [3.63, 3.8) is 0 Å². The van der Waals surface area contributed by atoms with Crippen LogP contribution in [0.15, 0.2) is 45.7 Å². The minimum absolute atomic E-state index is 0.0275. The lowest BCUT2D eigenvalue weighted by Gasteiger charge is -2.09. The lowest BCUT2D eigenvalue weighted by molar-refractivity contribution is -0.123. The van der Waals surface area contributed by atoms with Crippen molar-refractivity contribution in [2.45, 2.75) is 13.5 Å². The van der Waals surface area contributed by atoms with Crippen LogP contribution in [0.2, 0.25) is 0 Å². The Labute approximate surface area is 148 Å². The minimum Gasteiger partial charge on any atom is -0.463 e. The molecule has 1 aromatic carbocycles. The zero-order valence-corrected chi connectivity index (χ0v) is 14.5. The van der Waals surface area contributed by atoms with Crippen LogP contribution in [-0.2, 0) is 16.1 Å². The number of esters is 1. The third-order valence-electron chi connectivity index (χ3n) is 3.61. The molecule has 6 nitrogen and oxygen atoms in total. The molecule has 1 saturated heterocycles. The largest absolute Gasteiger partial charge is 0.463 e. The molecule has 0 atom stereocenters. The molecule has 0 saturated carbocycles. The van der Waals surface area contributed by atoms with E-state index in [1.165, 1.54) is 13.2 Å². The van der Waals surface area contributed by atoms with Gasteiger partial charge in [-0.1, -0.05) is 29.8 Å². The summed E-state index contributed by atoms with van der Waals surface area (Å²) in [6, 6.07) is 10.6. The van der Waals surface area contributed by atoms with Gasteiger partial charge >= 0.3 is 5.97 Å². The predicted molar refractivity (Wildman–Crippen MR) is 92.7 cm³/mol. The van der Waals surface area contributed by atoms with Gasteiger partial charge in [-0.2, -0.15) is 0 Å². The molecule has 0 unspecified atom stereocenters. The molecule has 1 aliphatic rings. The average Bonchev–Trinajstić information content (AvgIpc) is 3.17. The van der Waals surface area contributed by atoms with E-state index >= 15 is 0 Å². The number of benzene rings is 1. The van der Waals surface area contributed by atoms with E-state index in [4.69, 9.17) is 4.42 Å². The molecule has 2 amide bonds. The second-order valence-corrected chi connectivity index (χ2v) is 6.43. The Morgan fingerprint density at radius 2 is 1.92 bits per heavy atom.